The van der Waals surface area contributed by atoms with Gasteiger partial charge in [0.05, 0.1) is 23.0 Å². The summed E-state index contributed by atoms with van der Waals surface area (Å²) in [6.45, 7) is 2.32. The number of methoxy groups -OCH3 is 1. The molecule has 0 bridgehead atoms. The summed E-state index contributed by atoms with van der Waals surface area (Å²) in [5.41, 5.74) is 2.23. The molecule has 4 rings (SSSR count). The molecule has 0 amide bonds. The number of rotatable bonds is 3. The van der Waals surface area contributed by atoms with Crippen LogP contribution >= 0.6 is 22.7 Å². The van der Waals surface area contributed by atoms with Crippen molar-refractivity contribution in [2.75, 3.05) is 12.4 Å². The molecule has 0 unspecified atom stereocenters. The van der Waals surface area contributed by atoms with Crippen molar-refractivity contribution in [2.45, 2.75) is 26.2 Å². The van der Waals surface area contributed by atoms with Crippen LogP contribution in [0, 0.1) is 5.92 Å². The standard InChI is InChI=1S/C16H17N3OS2/c1-9-3-5-11-14(7-9)22-15(17-11)19-16-18-12-8-10(20-2)4-6-13(12)21-16/h4,6,8-9H,3,5,7H2,1-2H3,(H,17,18,19)/t9-/m1/s1. The van der Waals surface area contributed by atoms with Gasteiger partial charge < -0.3 is 10.1 Å². The van der Waals surface area contributed by atoms with Gasteiger partial charge in [-0.25, -0.2) is 9.97 Å². The smallest absolute Gasteiger partial charge is 0.190 e. The van der Waals surface area contributed by atoms with Crippen molar-refractivity contribution >= 4 is 43.2 Å². The van der Waals surface area contributed by atoms with Crippen molar-refractivity contribution in [2.24, 2.45) is 5.92 Å². The summed E-state index contributed by atoms with van der Waals surface area (Å²) in [5.74, 6) is 1.61. The molecule has 1 aliphatic carbocycles. The van der Waals surface area contributed by atoms with Crippen LogP contribution in [0.15, 0.2) is 18.2 Å². The Labute approximate surface area is 137 Å². The molecule has 1 N–H and O–H groups in total. The van der Waals surface area contributed by atoms with E-state index < -0.39 is 0 Å². The van der Waals surface area contributed by atoms with Crippen molar-refractivity contribution in [3.63, 3.8) is 0 Å². The van der Waals surface area contributed by atoms with Crippen LogP contribution in [0.2, 0.25) is 0 Å². The van der Waals surface area contributed by atoms with E-state index >= 15 is 0 Å². The fourth-order valence-electron chi connectivity index (χ4n) is 2.77. The number of thiazole rings is 2. The maximum atomic E-state index is 5.25. The SMILES string of the molecule is COc1ccc2sc(Nc3nc4c(s3)C[C@H](C)CC4)nc2c1. The molecule has 3 aromatic rings. The molecular weight excluding hydrogens is 314 g/mol. The van der Waals surface area contributed by atoms with Crippen LogP contribution in [0.3, 0.4) is 0 Å². The Morgan fingerprint density at radius 2 is 2.09 bits per heavy atom. The maximum absolute atomic E-state index is 5.25. The first-order chi connectivity index (χ1) is 10.7. The number of aryl methyl sites for hydroxylation is 1. The van der Waals surface area contributed by atoms with E-state index in [1.165, 1.54) is 17.0 Å². The largest absolute Gasteiger partial charge is 0.497 e. The van der Waals surface area contributed by atoms with Gasteiger partial charge in [-0.1, -0.05) is 18.3 Å². The second kappa shape index (κ2) is 5.52. The van der Waals surface area contributed by atoms with Gasteiger partial charge in [-0.05, 0) is 37.3 Å². The highest BCUT2D eigenvalue weighted by Gasteiger charge is 2.20. The number of aromatic nitrogens is 2. The molecule has 0 radical (unpaired) electrons. The highest BCUT2D eigenvalue weighted by molar-refractivity contribution is 7.22. The number of anilines is 2. The Hall–Kier alpha value is -1.66. The van der Waals surface area contributed by atoms with Gasteiger partial charge in [0.25, 0.3) is 0 Å². The van der Waals surface area contributed by atoms with Gasteiger partial charge in [-0.2, -0.15) is 0 Å². The highest BCUT2D eigenvalue weighted by atomic mass is 32.1. The predicted molar refractivity (Wildman–Crippen MR) is 92.8 cm³/mol. The van der Waals surface area contributed by atoms with E-state index in [4.69, 9.17) is 9.72 Å². The summed E-state index contributed by atoms with van der Waals surface area (Å²) in [4.78, 5) is 10.8. The minimum Gasteiger partial charge on any atom is -0.497 e. The Bertz CT molecular complexity index is 824. The minimum absolute atomic E-state index is 0.774. The fraction of sp³-hybridized carbons (Fsp3) is 0.375. The molecule has 0 aliphatic heterocycles. The summed E-state index contributed by atoms with van der Waals surface area (Å²) < 4.78 is 6.40. The average Bonchev–Trinajstić information content (AvgIpc) is 3.08. The Morgan fingerprint density at radius 1 is 1.23 bits per heavy atom. The zero-order valence-electron chi connectivity index (χ0n) is 12.5. The molecule has 6 heteroatoms. The third-order valence-corrected chi connectivity index (χ3v) is 5.98. The van der Waals surface area contributed by atoms with Crippen molar-refractivity contribution < 1.29 is 4.74 Å². The lowest BCUT2D eigenvalue weighted by molar-refractivity contribution is 0.415. The van der Waals surface area contributed by atoms with Crippen LogP contribution in [0.4, 0.5) is 10.3 Å². The Kier molecular flexibility index (Phi) is 3.50. The van der Waals surface area contributed by atoms with Crippen LogP contribution < -0.4 is 10.1 Å². The Morgan fingerprint density at radius 3 is 2.95 bits per heavy atom. The van der Waals surface area contributed by atoms with E-state index in [1.54, 1.807) is 29.8 Å². The average molecular weight is 331 g/mol. The number of nitrogens with one attached hydrogen (secondary N) is 1. The molecule has 4 nitrogen and oxygen atoms in total. The molecule has 0 fully saturated rings. The summed E-state index contributed by atoms with van der Waals surface area (Å²) in [6.07, 6.45) is 3.51. The summed E-state index contributed by atoms with van der Waals surface area (Å²) in [6, 6.07) is 5.98. The van der Waals surface area contributed by atoms with E-state index in [-0.39, 0.29) is 0 Å². The summed E-state index contributed by atoms with van der Waals surface area (Å²) in [5, 5.41) is 5.23. The molecule has 0 saturated carbocycles. The lowest BCUT2D eigenvalue weighted by atomic mass is 9.93. The molecule has 2 heterocycles. The molecule has 0 spiro atoms. The fourth-order valence-corrected chi connectivity index (χ4v) is 4.85. The first-order valence-electron chi connectivity index (χ1n) is 7.41. The zero-order chi connectivity index (χ0) is 15.1. The van der Waals surface area contributed by atoms with Crippen molar-refractivity contribution in [3.05, 3.63) is 28.8 Å². The second-order valence-corrected chi connectivity index (χ2v) is 7.83. The van der Waals surface area contributed by atoms with Gasteiger partial charge in [0.1, 0.15) is 5.75 Å². The van der Waals surface area contributed by atoms with Crippen LogP contribution in [0.25, 0.3) is 10.2 Å². The summed E-state index contributed by atoms with van der Waals surface area (Å²) >= 11 is 3.42. The van der Waals surface area contributed by atoms with Crippen molar-refractivity contribution in [1.29, 1.82) is 0 Å². The molecule has 1 aromatic carbocycles. The molecule has 0 saturated heterocycles. The van der Waals surface area contributed by atoms with Gasteiger partial charge in [0.15, 0.2) is 10.3 Å². The molecule has 22 heavy (non-hydrogen) atoms. The highest BCUT2D eigenvalue weighted by Crippen LogP contribution is 2.35. The van der Waals surface area contributed by atoms with Crippen LogP contribution in [-0.2, 0) is 12.8 Å². The number of nitrogens with zero attached hydrogens (tertiary/aromatic N) is 2. The first-order valence-corrected chi connectivity index (χ1v) is 9.05. The maximum Gasteiger partial charge on any atom is 0.190 e. The van der Waals surface area contributed by atoms with Crippen LogP contribution in [-0.4, -0.2) is 17.1 Å². The van der Waals surface area contributed by atoms with Gasteiger partial charge in [0.2, 0.25) is 0 Å². The minimum atomic E-state index is 0.774. The molecule has 1 atom stereocenters. The quantitative estimate of drug-likeness (QED) is 0.760. The first kappa shape index (κ1) is 14.0. The third-order valence-electron chi connectivity index (χ3n) is 3.99. The molecule has 1 aliphatic rings. The monoisotopic (exact) mass is 331 g/mol. The normalized spacial score (nSPS) is 17.5. The number of ether oxygens (including phenoxy) is 1. The molecule has 2 aromatic heterocycles. The van der Waals surface area contributed by atoms with E-state index in [2.05, 4.69) is 17.2 Å². The lowest BCUT2D eigenvalue weighted by Crippen LogP contribution is -2.09. The second-order valence-electron chi connectivity index (χ2n) is 5.71. The van der Waals surface area contributed by atoms with Gasteiger partial charge >= 0.3 is 0 Å². The van der Waals surface area contributed by atoms with Gasteiger partial charge in [-0.15, -0.1) is 11.3 Å². The van der Waals surface area contributed by atoms with E-state index in [1.807, 2.05) is 18.2 Å². The number of hydrogen-bond donors (Lipinski definition) is 1. The van der Waals surface area contributed by atoms with Gasteiger partial charge in [-0.3, -0.25) is 0 Å². The summed E-state index contributed by atoms with van der Waals surface area (Å²) in [7, 11) is 1.67. The van der Waals surface area contributed by atoms with E-state index in [9.17, 15) is 0 Å². The zero-order valence-corrected chi connectivity index (χ0v) is 14.2. The number of fused-ring (bicyclic) bond motifs is 2. The van der Waals surface area contributed by atoms with E-state index in [0.717, 1.165) is 45.0 Å². The number of benzene rings is 1. The predicted octanol–water partition coefficient (Wildman–Crippen LogP) is 4.63. The number of hydrogen-bond acceptors (Lipinski definition) is 6. The molecule has 114 valence electrons. The Balaban J connectivity index is 1.60. The van der Waals surface area contributed by atoms with E-state index in [0.29, 0.717) is 0 Å². The van der Waals surface area contributed by atoms with Gasteiger partial charge in [0, 0.05) is 10.9 Å². The van der Waals surface area contributed by atoms with Crippen LogP contribution in [0.1, 0.15) is 23.9 Å². The van der Waals surface area contributed by atoms with Crippen LogP contribution in [0.5, 0.6) is 5.75 Å². The molecular formula is C16H17N3OS2. The topological polar surface area (TPSA) is 47.0 Å². The third kappa shape index (κ3) is 2.57. The lowest BCUT2D eigenvalue weighted by Gasteiger charge is -2.15. The van der Waals surface area contributed by atoms with Crippen molar-refractivity contribution in [3.8, 4) is 5.75 Å². The van der Waals surface area contributed by atoms with Crippen molar-refractivity contribution in [1.82, 2.24) is 9.97 Å².